The van der Waals surface area contributed by atoms with Crippen LogP contribution in [0.4, 0.5) is 0 Å². The van der Waals surface area contributed by atoms with Gasteiger partial charge in [-0.3, -0.25) is 14.5 Å². The first-order chi connectivity index (χ1) is 22.5. The molecule has 4 atom stereocenters. The fourth-order valence-corrected chi connectivity index (χ4v) is 5.95. The molecule has 0 aromatic heterocycles. The number of Topliss-reactive ketones (excluding diaryl/α,β-unsaturated/α-hetero) is 1. The minimum Gasteiger partial charge on any atom is -0.497 e. The number of ketones is 1. The number of rotatable bonds is 17. The Morgan fingerprint density at radius 3 is 2.17 bits per heavy atom. The van der Waals surface area contributed by atoms with Crippen LogP contribution in [0.5, 0.6) is 17.2 Å². The molecular weight excluding hydrogens is 616 g/mol. The number of aliphatic carboxylic acids is 2. The van der Waals surface area contributed by atoms with Gasteiger partial charge in [0.05, 0.1) is 13.2 Å². The number of fused-ring (bicyclic) bond motifs is 1. The zero-order chi connectivity index (χ0) is 34.1. The van der Waals surface area contributed by atoms with Crippen molar-refractivity contribution < 1.29 is 58.9 Å². The predicted octanol–water partition coefficient (Wildman–Crippen LogP) is 1.84. The molecule has 1 amide bonds. The lowest BCUT2D eigenvalue weighted by Crippen LogP contribution is -2.70. The van der Waals surface area contributed by atoms with Gasteiger partial charge in [0.2, 0.25) is 12.0 Å². The van der Waals surface area contributed by atoms with Crippen molar-refractivity contribution in [1.29, 1.82) is 0 Å². The highest BCUT2D eigenvalue weighted by Gasteiger charge is 2.58. The average Bonchev–Trinajstić information content (AvgIpc) is 3.59. The van der Waals surface area contributed by atoms with Crippen LogP contribution in [-0.4, -0.2) is 117 Å². The van der Waals surface area contributed by atoms with Crippen molar-refractivity contribution in [3.05, 3.63) is 53.6 Å². The molecule has 14 heteroatoms. The normalized spacial score (nSPS) is 17.6. The van der Waals surface area contributed by atoms with E-state index in [9.17, 15) is 44.7 Å². The number of ether oxygens (including phenoxy) is 3. The molecule has 0 unspecified atom stereocenters. The molecule has 0 aliphatic carbocycles. The number of hydrogen-bond acceptors (Lipinski definition) is 11. The van der Waals surface area contributed by atoms with E-state index < -0.39 is 41.8 Å². The summed E-state index contributed by atoms with van der Waals surface area (Å²) in [7, 11) is 1.52. The number of amides is 1. The molecule has 0 spiro atoms. The maximum Gasteiger partial charge on any atom is 0.361 e. The molecule has 47 heavy (non-hydrogen) atoms. The molecule has 5 N–H and O–H groups in total. The van der Waals surface area contributed by atoms with Crippen molar-refractivity contribution in [2.45, 2.75) is 68.9 Å². The van der Waals surface area contributed by atoms with E-state index in [2.05, 4.69) is 0 Å². The number of carbonyl (C=O) groups is 4. The molecule has 1 saturated heterocycles. The van der Waals surface area contributed by atoms with Gasteiger partial charge in [-0.15, -0.1) is 0 Å². The Morgan fingerprint density at radius 1 is 0.915 bits per heavy atom. The summed E-state index contributed by atoms with van der Waals surface area (Å²) in [5.41, 5.74) is -2.93. The first kappa shape index (κ1) is 35.6. The number of nitrogens with zero attached hydrogens (tertiary/aromatic N) is 2. The molecule has 4 rings (SSSR count). The zero-order valence-corrected chi connectivity index (χ0v) is 26.2. The topological polar surface area (TPSA) is 204 Å². The number of hydrogen-bond donors (Lipinski definition) is 5. The van der Waals surface area contributed by atoms with Crippen molar-refractivity contribution in [2.24, 2.45) is 0 Å². The van der Waals surface area contributed by atoms with Crippen LogP contribution in [0.2, 0.25) is 0 Å². The lowest BCUT2D eigenvalue weighted by molar-refractivity contribution is -0.227. The van der Waals surface area contributed by atoms with Gasteiger partial charge in [-0.25, -0.2) is 9.59 Å². The summed E-state index contributed by atoms with van der Waals surface area (Å²) in [4.78, 5) is 53.3. The molecular formula is C33H42N2O12. The summed E-state index contributed by atoms with van der Waals surface area (Å²) in [6.45, 7) is 1.57. The minimum atomic E-state index is -3.63. The maximum absolute atomic E-state index is 13.9. The molecule has 0 bridgehead atoms. The van der Waals surface area contributed by atoms with Crippen molar-refractivity contribution in [1.82, 2.24) is 9.80 Å². The Bertz CT molecular complexity index is 1410. The van der Waals surface area contributed by atoms with E-state index in [1.54, 1.807) is 30.3 Å². The maximum atomic E-state index is 13.9. The van der Waals surface area contributed by atoms with Gasteiger partial charge in [0.15, 0.2) is 17.3 Å². The number of unbranched alkanes of at least 4 members (excludes halogenated alkanes) is 2. The van der Waals surface area contributed by atoms with E-state index in [1.807, 2.05) is 4.90 Å². The number of aliphatic hydroxyl groups is 3. The van der Waals surface area contributed by atoms with Gasteiger partial charge < -0.3 is 44.6 Å². The highest BCUT2D eigenvalue weighted by atomic mass is 16.6. The Morgan fingerprint density at radius 2 is 1.55 bits per heavy atom. The zero-order valence-electron chi connectivity index (χ0n) is 26.2. The molecule has 2 aromatic rings. The quantitative estimate of drug-likeness (QED) is 0.0937. The molecule has 14 nitrogen and oxygen atoms in total. The number of methoxy groups -OCH3 is 1. The third kappa shape index (κ3) is 8.38. The first-order valence-corrected chi connectivity index (χ1v) is 15.6. The molecule has 2 aliphatic rings. The SMILES string of the molecule is COc1ccc(C(=O)CCCCCC(=O)N([C@H](CN2CCCC2)[C@H](O)c2ccc3c(c2)OCCO3)[C@@](O)(C(=O)O)[C@H](O)C(=O)O)cc1. The van der Waals surface area contributed by atoms with Gasteiger partial charge in [-0.2, -0.15) is 0 Å². The molecule has 2 heterocycles. The molecule has 2 aromatic carbocycles. The third-order valence-electron chi connectivity index (χ3n) is 8.52. The second-order valence-corrected chi connectivity index (χ2v) is 11.7. The third-order valence-corrected chi connectivity index (χ3v) is 8.52. The Hall–Kier alpha value is -4.24. The van der Waals surface area contributed by atoms with Gasteiger partial charge in [-0.05, 0) is 80.7 Å². The number of likely N-dealkylation sites (tertiary alicyclic amines) is 1. The molecule has 0 saturated carbocycles. The number of carbonyl (C=O) groups excluding carboxylic acids is 2. The van der Waals surface area contributed by atoms with E-state index >= 15 is 0 Å². The highest BCUT2D eigenvalue weighted by molar-refractivity contribution is 5.96. The van der Waals surface area contributed by atoms with E-state index in [-0.39, 0.29) is 43.8 Å². The fourth-order valence-electron chi connectivity index (χ4n) is 5.95. The molecule has 256 valence electrons. The van der Waals surface area contributed by atoms with Crippen LogP contribution < -0.4 is 14.2 Å². The standard InChI is InChI=1S/C33H42N2O12/c1-45-23-12-9-21(10-13-23)25(36)7-3-2-4-8-28(37)35(33(44,32(42)43)30(39)31(40)41)24(20-34-15-5-6-16-34)29(38)22-11-14-26-27(19-22)47-18-17-46-26/h9-14,19,24,29-30,38-39,44H,2-8,15-18,20H2,1H3,(H,40,41)(H,42,43)/t24-,29-,30-,33+/m1/s1. The summed E-state index contributed by atoms with van der Waals surface area (Å²) in [5, 5.41) is 53.6. The smallest absolute Gasteiger partial charge is 0.361 e. The monoisotopic (exact) mass is 658 g/mol. The molecule has 0 radical (unpaired) electrons. The van der Waals surface area contributed by atoms with E-state index in [1.165, 1.54) is 19.2 Å². The number of carboxylic acids is 2. The second-order valence-electron chi connectivity index (χ2n) is 11.7. The van der Waals surface area contributed by atoms with Gasteiger partial charge in [0, 0.05) is 24.9 Å². The summed E-state index contributed by atoms with van der Waals surface area (Å²) in [6, 6.07) is 9.68. The van der Waals surface area contributed by atoms with Crippen LogP contribution in [0.3, 0.4) is 0 Å². The first-order valence-electron chi connectivity index (χ1n) is 15.6. The minimum absolute atomic E-state index is 0.112. The van der Waals surface area contributed by atoms with E-state index in [4.69, 9.17) is 14.2 Å². The van der Waals surface area contributed by atoms with Gasteiger partial charge >= 0.3 is 11.9 Å². The number of benzene rings is 2. The van der Waals surface area contributed by atoms with Crippen LogP contribution >= 0.6 is 0 Å². The Balaban J connectivity index is 1.58. The van der Waals surface area contributed by atoms with E-state index in [0.717, 1.165) is 12.8 Å². The molecule has 1 fully saturated rings. The Labute approximate surface area is 272 Å². The summed E-state index contributed by atoms with van der Waals surface area (Å²) >= 11 is 0. The lowest BCUT2D eigenvalue weighted by atomic mass is 9.93. The van der Waals surface area contributed by atoms with Gasteiger partial charge in [0.25, 0.3) is 5.72 Å². The highest BCUT2D eigenvalue weighted by Crippen LogP contribution is 2.36. The summed E-state index contributed by atoms with van der Waals surface area (Å²) < 4.78 is 16.3. The second kappa shape index (κ2) is 16.0. The lowest BCUT2D eigenvalue weighted by Gasteiger charge is -2.45. The van der Waals surface area contributed by atoms with Crippen molar-refractivity contribution in [3.8, 4) is 17.2 Å². The predicted molar refractivity (Wildman–Crippen MR) is 165 cm³/mol. The number of carboxylic acid groups (broad SMARTS) is 2. The van der Waals surface area contributed by atoms with Crippen LogP contribution in [-0.2, 0) is 14.4 Å². The largest absolute Gasteiger partial charge is 0.497 e. The molecule has 2 aliphatic heterocycles. The van der Waals surface area contributed by atoms with Crippen LogP contribution in [0.25, 0.3) is 0 Å². The Kier molecular flexibility index (Phi) is 12.2. The van der Waals surface area contributed by atoms with E-state index in [0.29, 0.717) is 60.2 Å². The van der Waals surface area contributed by atoms with Crippen LogP contribution in [0.15, 0.2) is 42.5 Å². The van der Waals surface area contributed by atoms with Crippen molar-refractivity contribution >= 4 is 23.6 Å². The van der Waals surface area contributed by atoms with Crippen molar-refractivity contribution in [2.75, 3.05) is 40.0 Å². The number of aliphatic hydroxyl groups excluding tert-OH is 2. The summed E-state index contributed by atoms with van der Waals surface area (Å²) in [5.74, 6) is -4.00. The van der Waals surface area contributed by atoms with Crippen molar-refractivity contribution in [3.63, 3.8) is 0 Å². The van der Waals surface area contributed by atoms with Gasteiger partial charge in [0.1, 0.15) is 25.1 Å². The van der Waals surface area contributed by atoms with Gasteiger partial charge in [-0.1, -0.05) is 12.5 Å². The fraction of sp³-hybridized carbons (Fsp3) is 0.515. The summed E-state index contributed by atoms with van der Waals surface area (Å²) in [6.07, 6.45) is -2.23. The average molecular weight is 659 g/mol. The van der Waals surface area contributed by atoms with Crippen LogP contribution in [0, 0.1) is 0 Å². The van der Waals surface area contributed by atoms with Crippen LogP contribution in [0.1, 0.15) is 67.0 Å².